The number of aldehydes is 1. The zero-order valence-electron chi connectivity index (χ0n) is 15.6. The lowest BCUT2D eigenvalue weighted by molar-refractivity contribution is 0.0613. The summed E-state index contributed by atoms with van der Waals surface area (Å²) in [5.74, 6) is -1.14. The van der Waals surface area contributed by atoms with Crippen LogP contribution in [0, 0.1) is 0 Å². The second-order valence-electron chi connectivity index (χ2n) is 6.87. The van der Waals surface area contributed by atoms with E-state index in [0.29, 0.717) is 29.5 Å². The number of benzene rings is 2. The summed E-state index contributed by atoms with van der Waals surface area (Å²) in [5, 5.41) is 0. The highest BCUT2D eigenvalue weighted by Crippen LogP contribution is 2.23. The van der Waals surface area contributed by atoms with Crippen molar-refractivity contribution in [3.8, 4) is 0 Å². The highest BCUT2D eigenvalue weighted by Gasteiger charge is 2.33. The van der Waals surface area contributed by atoms with Gasteiger partial charge in [-0.15, -0.1) is 0 Å². The molecule has 0 atom stereocenters. The minimum Gasteiger partial charge on any atom is -0.338 e. The van der Waals surface area contributed by atoms with Crippen LogP contribution in [-0.4, -0.2) is 39.9 Å². The molecule has 0 radical (unpaired) electrons. The van der Waals surface area contributed by atoms with E-state index in [-0.39, 0.29) is 24.4 Å². The Morgan fingerprint density at radius 2 is 1.69 bits per heavy atom. The van der Waals surface area contributed by atoms with Gasteiger partial charge in [0.05, 0.1) is 0 Å². The van der Waals surface area contributed by atoms with Crippen LogP contribution in [0.25, 0.3) is 0 Å². The van der Waals surface area contributed by atoms with Gasteiger partial charge >= 0.3 is 0 Å². The Morgan fingerprint density at radius 3 is 2.38 bits per heavy atom. The van der Waals surface area contributed by atoms with Crippen molar-refractivity contribution in [2.75, 3.05) is 6.54 Å². The SMILES string of the molecule is O=Cc1ccc(C(=O)N2CCC(=O)c3ccn(Cc4ccccc4)c3C2=O)cc1. The molecule has 144 valence electrons. The van der Waals surface area contributed by atoms with Crippen molar-refractivity contribution >= 4 is 23.9 Å². The Kier molecular flexibility index (Phi) is 4.91. The number of hydrogen-bond donors (Lipinski definition) is 0. The van der Waals surface area contributed by atoms with Gasteiger partial charge in [0.1, 0.15) is 12.0 Å². The van der Waals surface area contributed by atoms with Crippen molar-refractivity contribution in [3.05, 3.63) is 94.8 Å². The van der Waals surface area contributed by atoms with E-state index in [1.165, 1.54) is 24.3 Å². The predicted molar refractivity (Wildman–Crippen MR) is 106 cm³/mol. The number of ketones is 1. The first-order chi connectivity index (χ1) is 14.1. The van der Waals surface area contributed by atoms with Gasteiger partial charge in [0.15, 0.2) is 5.78 Å². The third-order valence-corrected chi connectivity index (χ3v) is 5.01. The molecule has 6 nitrogen and oxygen atoms in total. The lowest BCUT2D eigenvalue weighted by Crippen LogP contribution is -2.38. The molecule has 3 aromatic rings. The van der Waals surface area contributed by atoms with Gasteiger partial charge in [0.2, 0.25) is 0 Å². The number of hydrogen-bond acceptors (Lipinski definition) is 4. The molecule has 2 aromatic carbocycles. The molecule has 1 aromatic heterocycles. The fourth-order valence-electron chi connectivity index (χ4n) is 3.48. The van der Waals surface area contributed by atoms with Crippen LogP contribution in [-0.2, 0) is 6.54 Å². The molecule has 2 amide bonds. The minimum atomic E-state index is -0.490. The van der Waals surface area contributed by atoms with E-state index in [1.54, 1.807) is 16.8 Å². The van der Waals surface area contributed by atoms with Crippen molar-refractivity contribution in [1.29, 1.82) is 0 Å². The van der Waals surface area contributed by atoms with Gasteiger partial charge in [0.25, 0.3) is 11.8 Å². The Bertz CT molecular complexity index is 1100. The van der Waals surface area contributed by atoms with E-state index in [1.807, 2.05) is 30.3 Å². The largest absolute Gasteiger partial charge is 0.338 e. The Balaban J connectivity index is 1.69. The van der Waals surface area contributed by atoms with Crippen molar-refractivity contribution in [3.63, 3.8) is 0 Å². The first-order valence-electron chi connectivity index (χ1n) is 9.26. The number of carbonyl (C=O) groups is 4. The van der Waals surface area contributed by atoms with Crippen molar-refractivity contribution in [2.24, 2.45) is 0 Å². The third-order valence-electron chi connectivity index (χ3n) is 5.01. The number of Topliss-reactive ketones (excluding diaryl/α,β-unsaturated/α-hetero) is 1. The van der Waals surface area contributed by atoms with Gasteiger partial charge in [-0.2, -0.15) is 0 Å². The van der Waals surface area contributed by atoms with Gasteiger partial charge in [-0.1, -0.05) is 42.5 Å². The quantitative estimate of drug-likeness (QED) is 0.510. The highest BCUT2D eigenvalue weighted by atomic mass is 16.2. The molecule has 0 aliphatic carbocycles. The van der Waals surface area contributed by atoms with Crippen LogP contribution in [0.15, 0.2) is 66.9 Å². The Morgan fingerprint density at radius 1 is 0.966 bits per heavy atom. The maximum Gasteiger partial charge on any atom is 0.278 e. The molecule has 0 saturated heterocycles. The third kappa shape index (κ3) is 3.52. The average molecular weight is 386 g/mol. The number of nitrogens with zero attached hydrogens (tertiary/aromatic N) is 2. The van der Waals surface area contributed by atoms with Gasteiger partial charge in [0, 0.05) is 42.4 Å². The van der Waals surface area contributed by atoms with Gasteiger partial charge < -0.3 is 4.57 Å². The van der Waals surface area contributed by atoms with E-state index < -0.39 is 11.8 Å². The van der Waals surface area contributed by atoms with Gasteiger partial charge in [-0.05, 0) is 23.8 Å². The maximum absolute atomic E-state index is 13.3. The van der Waals surface area contributed by atoms with E-state index in [2.05, 4.69) is 0 Å². The second kappa shape index (κ2) is 7.67. The fourth-order valence-corrected chi connectivity index (χ4v) is 3.48. The van der Waals surface area contributed by atoms with Crippen LogP contribution in [0.3, 0.4) is 0 Å². The molecule has 6 heteroatoms. The molecular formula is C23H18N2O4. The van der Waals surface area contributed by atoms with E-state index in [4.69, 9.17) is 0 Å². The van der Waals surface area contributed by atoms with Crippen molar-refractivity contribution in [1.82, 2.24) is 9.47 Å². The molecule has 0 spiro atoms. The Hall–Kier alpha value is -3.80. The van der Waals surface area contributed by atoms with Crippen molar-refractivity contribution < 1.29 is 19.2 Å². The molecule has 0 bridgehead atoms. The summed E-state index contributed by atoms with van der Waals surface area (Å²) in [6.07, 6.45) is 2.47. The predicted octanol–water partition coefficient (Wildman–Crippen LogP) is 3.22. The second-order valence-corrected chi connectivity index (χ2v) is 6.87. The number of amides is 2. The summed E-state index contributed by atoms with van der Waals surface area (Å²) in [4.78, 5) is 50.7. The molecule has 0 unspecified atom stereocenters. The smallest absolute Gasteiger partial charge is 0.278 e. The maximum atomic E-state index is 13.3. The summed E-state index contributed by atoms with van der Waals surface area (Å²) in [6.45, 7) is 0.442. The molecule has 0 N–H and O–H groups in total. The monoisotopic (exact) mass is 386 g/mol. The minimum absolute atomic E-state index is 0.0198. The number of rotatable bonds is 4. The molecule has 29 heavy (non-hydrogen) atoms. The summed E-state index contributed by atoms with van der Waals surface area (Å²) in [7, 11) is 0. The number of imide groups is 1. The normalized spacial score (nSPS) is 13.7. The van der Waals surface area contributed by atoms with E-state index in [9.17, 15) is 19.2 Å². The van der Waals surface area contributed by atoms with Crippen LogP contribution in [0.5, 0.6) is 0 Å². The highest BCUT2D eigenvalue weighted by molar-refractivity contribution is 6.16. The summed E-state index contributed by atoms with van der Waals surface area (Å²) in [6, 6.07) is 17.3. The van der Waals surface area contributed by atoms with E-state index >= 15 is 0 Å². The van der Waals surface area contributed by atoms with Gasteiger partial charge in [-0.25, -0.2) is 0 Å². The molecule has 4 rings (SSSR count). The van der Waals surface area contributed by atoms with Crippen LogP contribution >= 0.6 is 0 Å². The standard InChI is InChI=1S/C23H18N2O4/c26-15-17-6-8-18(9-7-17)22(28)25-13-11-20(27)19-10-12-24(21(19)23(25)29)14-16-4-2-1-3-5-16/h1-10,12,15H,11,13-14H2. The first-order valence-corrected chi connectivity index (χ1v) is 9.26. The number of carbonyl (C=O) groups excluding carboxylic acids is 4. The van der Waals surface area contributed by atoms with Crippen LogP contribution in [0.2, 0.25) is 0 Å². The van der Waals surface area contributed by atoms with Crippen LogP contribution < -0.4 is 0 Å². The molecular weight excluding hydrogens is 368 g/mol. The molecule has 1 aliphatic rings. The van der Waals surface area contributed by atoms with Crippen molar-refractivity contribution in [2.45, 2.75) is 13.0 Å². The molecule has 1 aliphatic heterocycles. The zero-order valence-corrected chi connectivity index (χ0v) is 15.6. The molecule has 0 fully saturated rings. The lowest BCUT2D eigenvalue weighted by atomic mass is 10.1. The summed E-state index contributed by atoms with van der Waals surface area (Å²) in [5.41, 5.74) is 2.29. The number of fused-ring (bicyclic) bond motifs is 1. The first kappa shape index (κ1) is 18.6. The van der Waals surface area contributed by atoms with Gasteiger partial charge in [-0.3, -0.25) is 24.1 Å². The fraction of sp³-hybridized carbons (Fsp3) is 0.130. The topological polar surface area (TPSA) is 76.5 Å². The van der Waals surface area contributed by atoms with Crippen LogP contribution in [0.1, 0.15) is 53.5 Å². The van der Waals surface area contributed by atoms with E-state index in [0.717, 1.165) is 10.5 Å². The molecule has 2 heterocycles. The summed E-state index contributed by atoms with van der Waals surface area (Å²) >= 11 is 0. The average Bonchev–Trinajstić information content (AvgIpc) is 3.12. The Labute approximate surface area is 167 Å². The molecule has 0 saturated carbocycles. The van der Waals surface area contributed by atoms with Crippen LogP contribution in [0.4, 0.5) is 0 Å². The number of aromatic nitrogens is 1. The zero-order chi connectivity index (χ0) is 20.4. The summed E-state index contributed by atoms with van der Waals surface area (Å²) < 4.78 is 1.71. The lowest BCUT2D eigenvalue weighted by Gasteiger charge is -2.20.